The number of aromatic nitrogens is 2. The second-order valence-electron chi connectivity index (χ2n) is 8.87. The van der Waals surface area contributed by atoms with E-state index in [4.69, 9.17) is 23.2 Å². The number of hydrogen-bond acceptors (Lipinski definition) is 3. The van der Waals surface area contributed by atoms with Crippen LogP contribution in [0.5, 0.6) is 0 Å². The number of fused-ring (bicyclic) bond motifs is 1. The van der Waals surface area contributed by atoms with Gasteiger partial charge in [0.05, 0.1) is 0 Å². The quantitative estimate of drug-likeness (QED) is 0.324. The summed E-state index contributed by atoms with van der Waals surface area (Å²) in [6.07, 6.45) is 7.21. The molecule has 1 aliphatic rings. The van der Waals surface area contributed by atoms with Crippen LogP contribution in [0.3, 0.4) is 0 Å². The average Bonchev–Trinajstić information content (AvgIpc) is 3.18. The fourth-order valence-electron chi connectivity index (χ4n) is 4.61. The fourth-order valence-corrected chi connectivity index (χ4v) is 4.91. The molecule has 170 valence electrons. The van der Waals surface area contributed by atoms with Gasteiger partial charge in [0.25, 0.3) is 0 Å². The maximum absolute atomic E-state index is 6.40. The number of pyridine rings is 1. The Morgan fingerprint density at radius 3 is 2.30 bits per heavy atom. The first kappa shape index (κ1) is 22.4. The van der Waals surface area contributed by atoms with Crippen molar-refractivity contribution >= 4 is 34.1 Å². The van der Waals surface area contributed by atoms with E-state index in [0.29, 0.717) is 0 Å². The van der Waals surface area contributed by atoms with Crippen molar-refractivity contribution in [1.82, 2.24) is 19.4 Å². The van der Waals surface area contributed by atoms with Crippen molar-refractivity contribution in [3.05, 3.63) is 77.2 Å². The zero-order valence-electron chi connectivity index (χ0n) is 18.8. The van der Waals surface area contributed by atoms with E-state index in [2.05, 4.69) is 50.8 Å². The molecule has 4 nitrogen and oxygen atoms in total. The molecule has 1 fully saturated rings. The number of hydrogen-bond donors (Lipinski definition) is 0. The molecule has 0 unspecified atom stereocenters. The monoisotopic (exact) mass is 478 g/mol. The molecule has 1 aliphatic heterocycles. The summed E-state index contributed by atoms with van der Waals surface area (Å²) in [5, 5.41) is 2.65. The van der Waals surface area contributed by atoms with Crippen LogP contribution in [0.2, 0.25) is 10.0 Å². The number of benzene rings is 2. The molecule has 2 aromatic heterocycles. The number of nitrogens with zero attached hydrogens (tertiary/aromatic N) is 4. The van der Waals surface area contributed by atoms with Crippen LogP contribution < -0.4 is 0 Å². The lowest BCUT2D eigenvalue weighted by molar-refractivity contribution is 0.151. The standard InChI is InChI=1S/C27H28Cl2N4/c1-31-11-13-32(14-12-31)9-2-10-33-19-26(25-16-24(29)7-8-27(25)33)22-15-21(17-30-18-22)20-3-5-23(28)6-4-20/h3-8,15-19H,2,9-14H2,1H3. The van der Waals surface area contributed by atoms with Gasteiger partial charge in [0.1, 0.15) is 0 Å². The van der Waals surface area contributed by atoms with Gasteiger partial charge in [-0.25, -0.2) is 0 Å². The van der Waals surface area contributed by atoms with Gasteiger partial charge in [-0.1, -0.05) is 35.3 Å². The predicted octanol–water partition coefficient (Wildman–Crippen LogP) is 6.31. The minimum absolute atomic E-state index is 0.733. The molecule has 0 spiro atoms. The van der Waals surface area contributed by atoms with E-state index in [9.17, 15) is 0 Å². The zero-order valence-corrected chi connectivity index (χ0v) is 20.4. The third kappa shape index (κ3) is 5.10. The first-order valence-electron chi connectivity index (χ1n) is 11.5. The summed E-state index contributed by atoms with van der Waals surface area (Å²) in [6.45, 7) is 6.75. The molecule has 2 aromatic carbocycles. The predicted molar refractivity (Wildman–Crippen MR) is 139 cm³/mol. The van der Waals surface area contributed by atoms with E-state index < -0.39 is 0 Å². The molecule has 5 rings (SSSR count). The lowest BCUT2D eigenvalue weighted by Crippen LogP contribution is -2.44. The second kappa shape index (κ2) is 9.86. The first-order valence-corrected chi connectivity index (χ1v) is 12.2. The van der Waals surface area contributed by atoms with Crippen LogP contribution in [-0.2, 0) is 6.54 Å². The maximum Gasteiger partial charge on any atom is 0.0487 e. The van der Waals surface area contributed by atoms with Crippen LogP contribution in [0.1, 0.15) is 6.42 Å². The highest BCUT2D eigenvalue weighted by Crippen LogP contribution is 2.34. The van der Waals surface area contributed by atoms with E-state index in [-0.39, 0.29) is 0 Å². The average molecular weight is 479 g/mol. The Morgan fingerprint density at radius 2 is 1.52 bits per heavy atom. The largest absolute Gasteiger partial charge is 0.347 e. The van der Waals surface area contributed by atoms with E-state index in [1.807, 2.05) is 42.7 Å². The van der Waals surface area contributed by atoms with E-state index in [1.54, 1.807) is 0 Å². The summed E-state index contributed by atoms with van der Waals surface area (Å²) < 4.78 is 2.37. The van der Waals surface area contributed by atoms with Gasteiger partial charge in [-0.3, -0.25) is 4.98 Å². The van der Waals surface area contributed by atoms with Crippen molar-refractivity contribution in [3.8, 4) is 22.3 Å². The highest BCUT2D eigenvalue weighted by Gasteiger charge is 2.15. The van der Waals surface area contributed by atoms with Gasteiger partial charge in [-0.2, -0.15) is 0 Å². The summed E-state index contributed by atoms with van der Waals surface area (Å²) in [7, 11) is 2.20. The number of halogens is 2. The van der Waals surface area contributed by atoms with Gasteiger partial charge in [-0.05, 0) is 62.0 Å². The molecule has 33 heavy (non-hydrogen) atoms. The Kier molecular flexibility index (Phi) is 6.70. The van der Waals surface area contributed by atoms with Crippen LogP contribution in [0.4, 0.5) is 0 Å². The molecule has 0 saturated carbocycles. The van der Waals surface area contributed by atoms with E-state index in [0.717, 1.165) is 83.4 Å². The molecule has 1 saturated heterocycles. The number of piperazine rings is 1. The Bertz CT molecular complexity index is 1240. The molecule has 0 amide bonds. The minimum atomic E-state index is 0.733. The van der Waals surface area contributed by atoms with Crippen LogP contribution in [0.25, 0.3) is 33.2 Å². The van der Waals surface area contributed by atoms with Crippen molar-refractivity contribution in [2.45, 2.75) is 13.0 Å². The van der Waals surface area contributed by atoms with Crippen molar-refractivity contribution in [2.24, 2.45) is 0 Å². The van der Waals surface area contributed by atoms with Gasteiger partial charge in [0.15, 0.2) is 0 Å². The zero-order chi connectivity index (χ0) is 22.8. The van der Waals surface area contributed by atoms with Crippen LogP contribution >= 0.6 is 23.2 Å². The Morgan fingerprint density at radius 1 is 0.788 bits per heavy atom. The van der Waals surface area contributed by atoms with Crippen molar-refractivity contribution in [3.63, 3.8) is 0 Å². The Balaban J connectivity index is 1.42. The topological polar surface area (TPSA) is 24.3 Å². The molecule has 3 heterocycles. The maximum atomic E-state index is 6.40. The number of likely N-dealkylation sites (N-methyl/N-ethyl adjacent to an activating group) is 1. The number of rotatable bonds is 6. The molecule has 0 N–H and O–H groups in total. The van der Waals surface area contributed by atoms with E-state index >= 15 is 0 Å². The van der Waals surface area contributed by atoms with Crippen molar-refractivity contribution in [1.29, 1.82) is 0 Å². The molecule has 0 radical (unpaired) electrons. The lowest BCUT2D eigenvalue weighted by atomic mass is 10.0. The molecule has 6 heteroatoms. The highest BCUT2D eigenvalue weighted by atomic mass is 35.5. The molecule has 0 bridgehead atoms. The smallest absolute Gasteiger partial charge is 0.0487 e. The summed E-state index contributed by atoms with van der Waals surface area (Å²) in [5.74, 6) is 0. The summed E-state index contributed by atoms with van der Waals surface area (Å²) in [4.78, 5) is 9.52. The van der Waals surface area contributed by atoms with Crippen LogP contribution in [0.15, 0.2) is 67.1 Å². The molecule has 0 aliphatic carbocycles. The summed E-state index contributed by atoms with van der Waals surface area (Å²) in [6, 6.07) is 16.3. The minimum Gasteiger partial charge on any atom is -0.347 e. The van der Waals surface area contributed by atoms with Crippen LogP contribution in [-0.4, -0.2) is 59.1 Å². The van der Waals surface area contributed by atoms with E-state index in [1.165, 1.54) is 5.52 Å². The summed E-state index contributed by atoms with van der Waals surface area (Å²) in [5.41, 5.74) is 5.64. The highest BCUT2D eigenvalue weighted by molar-refractivity contribution is 6.31. The van der Waals surface area contributed by atoms with Gasteiger partial charge in [-0.15, -0.1) is 0 Å². The summed E-state index contributed by atoms with van der Waals surface area (Å²) >= 11 is 12.5. The van der Waals surface area contributed by atoms with Crippen molar-refractivity contribution in [2.75, 3.05) is 39.8 Å². The molecule has 0 atom stereocenters. The Hall–Kier alpha value is -2.37. The second-order valence-corrected chi connectivity index (χ2v) is 9.74. The SMILES string of the molecule is CN1CCN(CCCn2cc(-c3cncc(-c4ccc(Cl)cc4)c3)c3cc(Cl)ccc32)CC1. The third-order valence-corrected chi connectivity index (χ3v) is 7.03. The Labute approximate surface area is 205 Å². The van der Waals surface area contributed by atoms with Gasteiger partial charge < -0.3 is 14.4 Å². The molecule has 4 aromatic rings. The van der Waals surface area contributed by atoms with Gasteiger partial charge in [0, 0.05) is 89.0 Å². The lowest BCUT2D eigenvalue weighted by Gasteiger charge is -2.32. The molecular formula is C27H28Cl2N4. The van der Waals surface area contributed by atoms with Gasteiger partial charge >= 0.3 is 0 Å². The first-order chi connectivity index (χ1) is 16.1. The number of aryl methyl sites for hydroxylation is 1. The fraction of sp³-hybridized carbons (Fsp3) is 0.296. The molecular weight excluding hydrogens is 451 g/mol. The normalized spacial score (nSPS) is 15.4. The van der Waals surface area contributed by atoms with Crippen molar-refractivity contribution < 1.29 is 0 Å². The third-order valence-electron chi connectivity index (χ3n) is 6.54. The van der Waals surface area contributed by atoms with Gasteiger partial charge in [0.2, 0.25) is 0 Å². The van der Waals surface area contributed by atoms with Crippen LogP contribution in [0, 0.1) is 0 Å².